The zero-order valence-electron chi connectivity index (χ0n) is 12.0. The minimum Gasteiger partial charge on any atom is -0.493 e. The van der Waals surface area contributed by atoms with Gasteiger partial charge in [0.15, 0.2) is 0 Å². The molecular formula is C15H24N2O2. The van der Waals surface area contributed by atoms with Crippen molar-refractivity contribution in [1.82, 2.24) is 5.43 Å². The van der Waals surface area contributed by atoms with E-state index in [-0.39, 0.29) is 11.6 Å². The van der Waals surface area contributed by atoms with Gasteiger partial charge in [-0.15, -0.1) is 0 Å². The van der Waals surface area contributed by atoms with Crippen LogP contribution in [0.1, 0.15) is 38.2 Å². The van der Waals surface area contributed by atoms with Crippen molar-refractivity contribution in [2.24, 2.45) is 5.84 Å². The highest BCUT2D eigenvalue weighted by Gasteiger charge is 2.33. The molecule has 2 unspecified atom stereocenters. The van der Waals surface area contributed by atoms with E-state index in [1.165, 1.54) is 5.56 Å². The van der Waals surface area contributed by atoms with Crippen molar-refractivity contribution in [3.8, 4) is 5.75 Å². The molecule has 0 fully saturated rings. The second-order valence-corrected chi connectivity index (χ2v) is 5.63. The second kappa shape index (κ2) is 5.90. The first-order valence-electron chi connectivity index (χ1n) is 6.81. The Hall–Kier alpha value is -1.10. The molecule has 106 valence electrons. The van der Waals surface area contributed by atoms with Gasteiger partial charge in [0, 0.05) is 7.11 Å². The Kier molecular flexibility index (Phi) is 4.45. The van der Waals surface area contributed by atoms with E-state index in [4.69, 9.17) is 15.3 Å². The van der Waals surface area contributed by atoms with E-state index in [2.05, 4.69) is 31.4 Å². The van der Waals surface area contributed by atoms with Gasteiger partial charge in [0.1, 0.15) is 5.75 Å². The van der Waals surface area contributed by atoms with Gasteiger partial charge in [0.2, 0.25) is 0 Å². The van der Waals surface area contributed by atoms with E-state index in [1.807, 2.05) is 12.1 Å². The molecule has 2 rings (SSSR count). The Bertz CT molecular complexity index is 420. The zero-order chi connectivity index (χ0) is 13.9. The largest absolute Gasteiger partial charge is 0.493 e. The Morgan fingerprint density at radius 2 is 2.21 bits per heavy atom. The highest BCUT2D eigenvalue weighted by Crippen LogP contribution is 2.37. The van der Waals surface area contributed by atoms with Crippen LogP contribution in [-0.4, -0.2) is 25.4 Å². The number of rotatable bonds is 5. The SMILES string of the molecule is COC(C)(C)C(CC1CCOc2ccccc21)NN. The van der Waals surface area contributed by atoms with E-state index >= 15 is 0 Å². The number of benzene rings is 1. The fourth-order valence-corrected chi connectivity index (χ4v) is 2.64. The van der Waals surface area contributed by atoms with Gasteiger partial charge in [0.25, 0.3) is 0 Å². The van der Waals surface area contributed by atoms with Gasteiger partial charge >= 0.3 is 0 Å². The molecule has 0 aromatic heterocycles. The van der Waals surface area contributed by atoms with Gasteiger partial charge in [-0.2, -0.15) is 0 Å². The lowest BCUT2D eigenvalue weighted by Crippen LogP contribution is -2.51. The molecule has 2 atom stereocenters. The first-order chi connectivity index (χ1) is 9.08. The number of ether oxygens (including phenoxy) is 2. The van der Waals surface area contributed by atoms with Crippen LogP contribution >= 0.6 is 0 Å². The van der Waals surface area contributed by atoms with Gasteiger partial charge in [-0.05, 0) is 44.2 Å². The third-order valence-electron chi connectivity index (χ3n) is 4.17. The van der Waals surface area contributed by atoms with Gasteiger partial charge < -0.3 is 9.47 Å². The summed E-state index contributed by atoms with van der Waals surface area (Å²) in [6.07, 6.45) is 1.96. The number of nitrogens with one attached hydrogen (secondary N) is 1. The first-order valence-corrected chi connectivity index (χ1v) is 6.81. The monoisotopic (exact) mass is 264 g/mol. The van der Waals surface area contributed by atoms with E-state index in [0.29, 0.717) is 5.92 Å². The first kappa shape index (κ1) is 14.3. The van der Waals surface area contributed by atoms with Gasteiger partial charge in [0.05, 0.1) is 18.2 Å². The van der Waals surface area contributed by atoms with E-state index in [1.54, 1.807) is 7.11 Å². The van der Waals surface area contributed by atoms with Crippen molar-refractivity contribution in [2.45, 2.75) is 44.2 Å². The van der Waals surface area contributed by atoms with Crippen molar-refractivity contribution >= 4 is 0 Å². The van der Waals surface area contributed by atoms with Crippen molar-refractivity contribution in [1.29, 1.82) is 0 Å². The standard InChI is InChI=1S/C15H24N2O2/c1-15(2,18-3)14(17-16)10-11-8-9-19-13-7-5-4-6-12(11)13/h4-7,11,14,17H,8-10,16H2,1-3H3. The van der Waals surface area contributed by atoms with Gasteiger partial charge in [-0.1, -0.05) is 18.2 Å². The molecule has 0 bridgehead atoms. The molecule has 0 amide bonds. The lowest BCUT2D eigenvalue weighted by Gasteiger charge is -2.36. The molecule has 1 aliphatic heterocycles. The van der Waals surface area contributed by atoms with Crippen LogP contribution in [0.3, 0.4) is 0 Å². The number of hydrogen-bond acceptors (Lipinski definition) is 4. The van der Waals surface area contributed by atoms with Crippen LogP contribution in [0.4, 0.5) is 0 Å². The molecule has 1 aromatic carbocycles. The second-order valence-electron chi connectivity index (χ2n) is 5.63. The normalized spacial score (nSPS) is 20.5. The molecule has 1 heterocycles. The maximum Gasteiger partial charge on any atom is 0.122 e. The minimum atomic E-state index is -0.290. The average Bonchev–Trinajstić information content (AvgIpc) is 2.44. The zero-order valence-corrected chi connectivity index (χ0v) is 12.0. The molecular weight excluding hydrogens is 240 g/mol. The summed E-state index contributed by atoms with van der Waals surface area (Å²) in [6, 6.07) is 8.36. The molecule has 0 radical (unpaired) electrons. The highest BCUT2D eigenvalue weighted by atomic mass is 16.5. The summed E-state index contributed by atoms with van der Waals surface area (Å²) in [7, 11) is 1.72. The van der Waals surface area contributed by atoms with Crippen molar-refractivity contribution < 1.29 is 9.47 Å². The summed E-state index contributed by atoms with van der Waals surface area (Å²) in [5.41, 5.74) is 3.89. The summed E-state index contributed by atoms with van der Waals surface area (Å²) in [6.45, 7) is 4.89. The molecule has 0 saturated heterocycles. The van der Waals surface area contributed by atoms with Crippen LogP contribution in [0.5, 0.6) is 5.75 Å². The molecule has 3 N–H and O–H groups in total. The lowest BCUT2D eigenvalue weighted by molar-refractivity contribution is -0.0154. The van der Waals surface area contributed by atoms with Crippen LogP contribution in [0, 0.1) is 0 Å². The van der Waals surface area contributed by atoms with Gasteiger partial charge in [-0.25, -0.2) is 0 Å². The molecule has 4 nitrogen and oxygen atoms in total. The molecule has 0 saturated carbocycles. The summed E-state index contributed by atoms with van der Waals surface area (Å²) in [5.74, 6) is 7.17. The Balaban J connectivity index is 2.15. The van der Waals surface area contributed by atoms with Crippen LogP contribution in [-0.2, 0) is 4.74 Å². The summed E-state index contributed by atoms with van der Waals surface area (Å²) >= 11 is 0. The van der Waals surface area contributed by atoms with Crippen LogP contribution in [0.15, 0.2) is 24.3 Å². The van der Waals surface area contributed by atoms with E-state index in [9.17, 15) is 0 Å². The summed E-state index contributed by atoms with van der Waals surface area (Å²) < 4.78 is 11.2. The minimum absolute atomic E-state index is 0.105. The molecule has 19 heavy (non-hydrogen) atoms. The van der Waals surface area contributed by atoms with Crippen molar-refractivity contribution in [2.75, 3.05) is 13.7 Å². The third-order valence-corrected chi connectivity index (χ3v) is 4.17. The molecule has 0 spiro atoms. The van der Waals surface area contributed by atoms with Crippen molar-refractivity contribution in [3.63, 3.8) is 0 Å². The highest BCUT2D eigenvalue weighted by molar-refractivity contribution is 5.37. The summed E-state index contributed by atoms with van der Waals surface area (Å²) in [5, 5.41) is 0. The smallest absolute Gasteiger partial charge is 0.122 e. The fraction of sp³-hybridized carbons (Fsp3) is 0.600. The Morgan fingerprint density at radius 1 is 1.47 bits per heavy atom. The summed E-state index contributed by atoms with van der Waals surface area (Å²) in [4.78, 5) is 0. The molecule has 1 aliphatic rings. The molecule has 4 heteroatoms. The molecule has 1 aromatic rings. The number of hydrazine groups is 1. The maximum absolute atomic E-state index is 5.71. The van der Waals surface area contributed by atoms with Crippen LogP contribution in [0.2, 0.25) is 0 Å². The van der Waals surface area contributed by atoms with Crippen LogP contribution < -0.4 is 16.0 Å². The third kappa shape index (κ3) is 3.08. The van der Waals surface area contributed by atoms with Crippen molar-refractivity contribution in [3.05, 3.63) is 29.8 Å². The number of para-hydroxylation sites is 1. The maximum atomic E-state index is 5.71. The van der Waals surface area contributed by atoms with Crippen LogP contribution in [0.25, 0.3) is 0 Å². The Morgan fingerprint density at radius 3 is 2.89 bits per heavy atom. The predicted molar refractivity (Wildman–Crippen MR) is 76.1 cm³/mol. The number of nitrogens with two attached hydrogens (primary N) is 1. The quantitative estimate of drug-likeness (QED) is 0.632. The fourth-order valence-electron chi connectivity index (χ4n) is 2.64. The van der Waals surface area contributed by atoms with E-state index in [0.717, 1.165) is 25.2 Å². The number of fused-ring (bicyclic) bond motifs is 1. The predicted octanol–water partition coefficient (Wildman–Crippen LogP) is 2.20. The van der Waals surface area contributed by atoms with Gasteiger partial charge in [-0.3, -0.25) is 11.3 Å². The molecule has 0 aliphatic carbocycles. The topological polar surface area (TPSA) is 56.5 Å². The number of hydrogen-bond donors (Lipinski definition) is 2. The average molecular weight is 264 g/mol. The van der Waals surface area contributed by atoms with E-state index < -0.39 is 0 Å². The Labute approximate surface area is 115 Å². The number of methoxy groups -OCH3 is 1. The lowest BCUT2D eigenvalue weighted by atomic mass is 9.83.